The molecule has 2 aromatic heterocycles. The summed E-state index contributed by atoms with van der Waals surface area (Å²) in [5, 5.41) is 0.501. The van der Waals surface area contributed by atoms with Crippen molar-refractivity contribution in [1.29, 1.82) is 0 Å². The minimum absolute atomic E-state index is 0.226. The van der Waals surface area contributed by atoms with Gasteiger partial charge in [0, 0.05) is 17.8 Å². The van der Waals surface area contributed by atoms with Crippen molar-refractivity contribution in [2.45, 2.75) is 4.90 Å². The number of benzene rings is 1. The van der Waals surface area contributed by atoms with E-state index in [1.54, 1.807) is 24.4 Å². The molecule has 24 heavy (non-hydrogen) atoms. The van der Waals surface area contributed by atoms with Crippen LogP contribution in [0.3, 0.4) is 0 Å². The van der Waals surface area contributed by atoms with Crippen LogP contribution in [0.5, 0.6) is 5.75 Å². The first-order chi connectivity index (χ1) is 11.4. The van der Waals surface area contributed by atoms with Crippen molar-refractivity contribution >= 4 is 26.6 Å². The standard InChI is InChI=1S/C14H12N4O5S/c1-23-10-5-4-9(8-3-2-6-15-12(8)10)18-24(21,22)11-7-16-14(20)17-13(11)19/h2-7,18H,1H3,(H2,16,17,19,20). The lowest BCUT2D eigenvalue weighted by Gasteiger charge is -2.11. The molecule has 9 nitrogen and oxygen atoms in total. The fraction of sp³-hybridized carbons (Fsp3) is 0.0714. The van der Waals surface area contributed by atoms with Gasteiger partial charge in [0.05, 0.1) is 12.8 Å². The SMILES string of the molecule is COc1ccc(NS(=O)(=O)c2c[nH]c(=O)[nH]c2=O)c2cccnc12. The normalized spacial score (nSPS) is 11.4. The van der Waals surface area contributed by atoms with Crippen LogP contribution >= 0.6 is 0 Å². The predicted octanol–water partition coefficient (Wildman–Crippen LogP) is 0.421. The molecule has 0 aliphatic rings. The van der Waals surface area contributed by atoms with Gasteiger partial charge in [-0.3, -0.25) is 19.5 Å². The highest BCUT2D eigenvalue weighted by atomic mass is 32.2. The Morgan fingerprint density at radius 1 is 1.21 bits per heavy atom. The summed E-state index contributed by atoms with van der Waals surface area (Å²) in [6.07, 6.45) is 2.39. The number of hydrogen-bond donors (Lipinski definition) is 3. The van der Waals surface area contributed by atoms with E-state index in [1.807, 2.05) is 4.98 Å². The van der Waals surface area contributed by atoms with Gasteiger partial charge in [-0.2, -0.15) is 0 Å². The van der Waals surface area contributed by atoms with E-state index in [1.165, 1.54) is 13.2 Å². The van der Waals surface area contributed by atoms with Crippen molar-refractivity contribution in [3.05, 3.63) is 57.5 Å². The molecule has 0 spiro atoms. The Morgan fingerprint density at radius 3 is 2.71 bits per heavy atom. The summed E-state index contributed by atoms with van der Waals surface area (Å²) in [6.45, 7) is 0. The third-order valence-corrected chi connectivity index (χ3v) is 4.64. The summed E-state index contributed by atoms with van der Waals surface area (Å²) in [5.74, 6) is 0.482. The number of anilines is 1. The van der Waals surface area contributed by atoms with Crippen LogP contribution in [0.1, 0.15) is 0 Å². The number of sulfonamides is 1. The first-order valence-electron chi connectivity index (χ1n) is 6.69. The molecular weight excluding hydrogens is 336 g/mol. The van der Waals surface area contributed by atoms with Gasteiger partial charge >= 0.3 is 5.69 Å². The Balaban J connectivity index is 2.13. The molecule has 3 N–H and O–H groups in total. The minimum Gasteiger partial charge on any atom is -0.494 e. The number of nitrogens with zero attached hydrogens (tertiary/aromatic N) is 1. The first kappa shape index (κ1) is 15.7. The molecule has 10 heteroatoms. The van der Waals surface area contributed by atoms with Gasteiger partial charge in [-0.25, -0.2) is 13.2 Å². The van der Waals surface area contributed by atoms with Gasteiger partial charge < -0.3 is 9.72 Å². The van der Waals surface area contributed by atoms with E-state index in [0.717, 1.165) is 6.20 Å². The van der Waals surface area contributed by atoms with Gasteiger partial charge in [0.2, 0.25) is 0 Å². The van der Waals surface area contributed by atoms with E-state index >= 15 is 0 Å². The minimum atomic E-state index is -4.20. The zero-order chi connectivity index (χ0) is 17.3. The second kappa shape index (κ2) is 5.81. The van der Waals surface area contributed by atoms with Crippen LogP contribution in [0.15, 0.2) is 51.1 Å². The van der Waals surface area contributed by atoms with Crippen molar-refractivity contribution in [2.24, 2.45) is 0 Å². The summed E-state index contributed by atoms with van der Waals surface area (Å²) in [7, 11) is -2.72. The molecule has 2 heterocycles. The molecule has 0 aliphatic heterocycles. The molecule has 0 saturated carbocycles. The lowest BCUT2D eigenvalue weighted by Crippen LogP contribution is -2.29. The van der Waals surface area contributed by atoms with Crippen LogP contribution in [0.2, 0.25) is 0 Å². The number of H-pyrrole nitrogens is 2. The molecule has 0 amide bonds. The maximum Gasteiger partial charge on any atom is 0.325 e. The van der Waals surface area contributed by atoms with Crippen molar-refractivity contribution < 1.29 is 13.2 Å². The third kappa shape index (κ3) is 2.74. The number of pyridine rings is 1. The van der Waals surface area contributed by atoms with Gasteiger partial charge in [-0.15, -0.1) is 0 Å². The topological polar surface area (TPSA) is 134 Å². The summed E-state index contributed by atoms with van der Waals surface area (Å²) < 4.78 is 32.4. The van der Waals surface area contributed by atoms with Crippen molar-refractivity contribution in [2.75, 3.05) is 11.8 Å². The smallest absolute Gasteiger partial charge is 0.325 e. The van der Waals surface area contributed by atoms with E-state index in [4.69, 9.17) is 4.74 Å². The zero-order valence-electron chi connectivity index (χ0n) is 12.4. The van der Waals surface area contributed by atoms with E-state index in [2.05, 4.69) is 14.7 Å². The highest BCUT2D eigenvalue weighted by Gasteiger charge is 2.20. The van der Waals surface area contributed by atoms with Crippen LogP contribution in [-0.2, 0) is 10.0 Å². The fourth-order valence-corrected chi connectivity index (χ4v) is 3.28. The highest BCUT2D eigenvalue weighted by molar-refractivity contribution is 7.92. The zero-order valence-corrected chi connectivity index (χ0v) is 13.2. The second-order valence-corrected chi connectivity index (χ2v) is 6.41. The van der Waals surface area contributed by atoms with E-state index in [9.17, 15) is 18.0 Å². The Kier molecular flexibility index (Phi) is 3.81. The molecule has 1 aromatic carbocycles. The predicted molar refractivity (Wildman–Crippen MR) is 86.8 cm³/mol. The number of methoxy groups -OCH3 is 1. The van der Waals surface area contributed by atoms with Crippen LogP contribution in [0.25, 0.3) is 10.9 Å². The quantitative estimate of drug-likeness (QED) is 0.625. The molecule has 0 aliphatic carbocycles. The van der Waals surface area contributed by atoms with Crippen LogP contribution < -0.4 is 20.7 Å². The molecule has 0 unspecified atom stereocenters. The van der Waals surface area contributed by atoms with Crippen LogP contribution in [-0.4, -0.2) is 30.5 Å². The summed E-state index contributed by atoms with van der Waals surface area (Å²) in [4.78, 5) is 30.3. The average Bonchev–Trinajstić information content (AvgIpc) is 2.54. The monoisotopic (exact) mass is 348 g/mol. The molecule has 0 saturated heterocycles. The largest absolute Gasteiger partial charge is 0.494 e. The van der Waals surface area contributed by atoms with Crippen molar-refractivity contribution in [3.63, 3.8) is 0 Å². The highest BCUT2D eigenvalue weighted by Crippen LogP contribution is 2.30. The van der Waals surface area contributed by atoms with Crippen LogP contribution in [0, 0.1) is 0 Å². The molecule has 3 rings (SSSR count). The summed E-state index contributed by atoms with van der Waals surface area (Å²) >= 11 is 0. The van der Waals surface area contributed by atoms with E-state index in [0.29, 0.717) is 16.7 Å². The maximum atomic E-state index is 12.4. The average molecular weight is 348 g/mol. The van der Waals surface area contributed by atoms with Crippen LogP contribution in [0.4, 0.5) is 5.69 Å². The van der Waals surface area contributed by atoms with Gasteiger partial charge in [-0.1, -0.05) is 0 Å². The maximum absolute atomic E-state index is 12.4. The Labute approximate surface area is 135 Å². The van der Waals surface area contributed by atoms with Gasteiger partial charge in [-0.05, 0) is 24.3 Å². The van der Waals surface area contributed by atoms with Crippen molar-refractivity contribution in [3.8, 4) is 5.75 Å². The Bertz CT molecular complexity index is 1130. The van der Waals surface area contributed by atoms with E-state index in [-0.39, 0.29) is 5.69 Å². The molecule has 0 atom stereocenters. The number of rotatable bonds is 4. The molecule has 0 bridgehead atoms. The first-order valence-corrected chi connectivity index (χ1v) is 8.17. The third-order valence-electron chi connectivity index (χ3n) is 3.27. The molecule has 0 radical (unpaired) electrons. The summed E-state index contributed by atoms with van der Waals surface area (Å²) in [5.41, 5.74) is -1.11. The van der Waals surface area contributed by atoms with Gasteiger partial charge in [0.15, 0.2) is 4.90 Å². The molecule has 3 aromatic rings. The number of aromatic nitrogens is 3. The molecule has 0 fully saturated rings. The number of hydrogen-bond acceptors (Lipinski definition) is 6. The second-order valence-electron chi connectivity index (χ2n) is 4.76. The number of fused-ring (bicyclic) bond motifs is 1. The lowest BCUT2D eigenvalue weighted by atomic mass is 10.2. The number of ether oxygens (including phenoxy) is 1. The Morgan fingerprint density at radius 2 is 2.00 bits per heavy atom. The fourth-order valence-electron chi connectivity index (χ4n) is 2.20. The van der Waals surface area contributed by atoms with Gasteiger partial charge in [0.25, 0.3) is 15.6 Å². The van der Waals surface area contributed by atoms with Gasteiger partial charge in [0.1, 0.15) is 11.3 Å². The number of nitrogens with one attached hydrogen (secondary N) is 3. The Hall–Kier alpha value is -3.14. The number of aromatic amines is 2. The van der Waals surface area contributed by atoms with E-state index < -0.39 is 26.2 Å². The summed E-state index contributed by atoms with van der Waals surface area (Å²) in [6, 6.07) is 6.37. The van der Waals surface area contributed by atoms with Crippen molar-refractivity contribution in [1.82, 2.24) is 15.0 Å². The molecule has 124 valence electrons. The molecular formula is C14H12N4O5S. The lowest BCUT2D eigenvalue weighted by molar-refractivity contribution is 0.419.